The summed E-state index contributed by atoms with van der Waals surface area (Å²) in [7, 11) is 2.23. The molecule has 3 fully saturated rings. The molecule has 1 spiro atoms. The molecule has 3 nitrogen and oxygen atoms in total. The van der Waals surface area contributed by atoms with Crippen molar-refractivity contribution in [1.82, 2.24) is 4.90 Å². The minimum atomic E-state index is 0.566. The first-order chi connectivity index (χ1) is 9.26. The molecule has 0 radical (unpaired) electrons. The van der Waals surface area contributed by atoms with Gasteiger partial charge >= 0.3 is 0 Å². The van der Waals surface area contributed by atoms with E-state index in [1.54, 1.807) is 0 Å². The summed E-state index contributed by atoms with van der Waals surface area (Å²) in [5, 5.41) is 0. The molecule has 0 bridgehead atoms. The Morgan fingerprint density at radius 1 is 1.16 bits per heavy atom. The van der Waals surface area contributed by atoms with Gasteiger partial charge in [0.05, 0.1) is 13.2 Å². The molecule has 3 aliphatic rings. The molecule has 1 aromatic rings. The second-order valence-corrected chi connectivity index (χ2v) is 6.62. The Morgan fingerprint density at radius 3 is 2.42 bits per heavy atom. The average molecular weight is 258 g/mol. The Bertz CT molecular complexity index is 443. The van der Waals surface area contributed by atoms with Crippen molar-refractivity contribution in [3.63, 3.8) is 0 Å². The fraction of sp³-hybridized carbons (Fsp3) is 0.625. The molecule has 1 saturated carbocycles. The molecular formula is C16H22N2O. The van der Waals surface area contributed by atoms with E-state index in [9.17, 15) is 0 Å². The van der Waals surface area contributed by atoms with Gasteiger partial charge in [0.25, 0.3) is 0 Å². The van der Waals surface area contributed by atoms with Crippen molar-refractivity contribution in [2.45, 2.75) is 24.9 Å². The Morgan fingerprint density at radius 2 is 1.84 bits per heavy atom. The number of para-hydroxylation sites is 1. The van der Waals surface area contributed by atoms with E-state index in [-0.39, 0.29) is 0 Å². The molecule has 2 heterocycles. The van der Waals surface area contributed by atoms with Gasteiger partial charge in [-0.2, -0.15) is 0 Å². The van der Waals surface area contributed by atoms with E-state index in [0.29, 0.717) is 5.41 Å². The number of likely N-dealkylation sites (tertiary alicyclic amines) is 1. The highest BCUT2D eigenvalue weighted by atomic mass is 16.5. The van der Waals surface area contributed by atoms with Crippen molar-refractivity contribution >= 4 is 5.69 Å². The summed E-state index contributed by atoms with van der Waals surface area (Å²) in [4.78, 5) is 5.11. The molecule has 2 aliphatic heterocycles. The molecule has 19 heavy (non-hydrogen) atoms. The third-order valence-corrected chi connectivity index (χ3v) is 5.21. The molecule has 0 N–H and O–H groups in total. The standard InChI is InChI=1S/C16H22N2O/c1-17(13-5-3-2-4-6-13)14-7-15(8-14)18-9-16(10-18)11-19-12-16/h2-6,14-15H,7-12H2,1H3. The second-order valence-electron chi connectivity index (χ2n) is 6.62. The van der Waals surface area contributed by atoms with Gasteiger partial charge in [0.15, 0.2) is 0 Å². The molecule has 0 amide bonds. The molecule has 3 heteroatoms. The van der Waals surface area contributed by atoms with Gasteiger partial charge < -0.3 is 9.64 Å². The largest absolute Gasteiger partial charge is 0.380 e. The van der Waals surface area contributed by atoms with E-state index in [2.05, 4.69) is 47.2 Å². The van der Waals surface area contributed by atoms with Crippen LogP contribution in [0.5, 0.6) is 0 Å². The lowest BCUT2D eigenvalue weighted by Gasteiger charge is -2.60. The number of hydrogen-bond acceptors (Lipinski definition) is 3. The molecule has 0 unspecified atom stereocenters. The molecule has 2 saturated heterocycles. The van der Waals surface area contributed by atoms with Gasteiger partial charge in [0.2, 0.25) is 0 Å². The van der Waals surface area contributed by atoms with Crippen molar-refractivity contribution in [3.05, 3.63) is 30.3 Å². The smallest absolute Gasteiger partial charge is 0.0569 e. The van der Waals surface area contributed by atoms with Crippen molar-refractivity contribution in [2.75, 3.05) is 38.3 Å². The molecule has 0 atom stereocenters. The van der Waals surface area contributed by atoms with Crippen LogP contribution in [0.4, 0.5) is 5.69 Å². The SMILES string of the molecule is CN(c1ccccc1)C1CC(N2CC3(COC3)C2)C1. The van der Waals surface area contributed by atoms with E-state index in [4.69, 9.17) is 4.74 Å². The number of benzene rings is 1. The maximum Gasteiger partial charge on any atom is 0.0569 e. The lowest BCUT2D eigenvalue weighted by molar-refractivity contribution is -0.204. The zero-order valence-corrected chi connectivity index (χ0v) is 11.6. The normalized spacial score (nSPS) is 32.3. The van der Waals surface area contributed by atoms with Crippen LogP contribution >= 0.6 is 0 Å². The number of ether oxygens (including phenoxy) is 1. The minimum absolute atomic E-state index is 0.566. The van der Waals surface area contributed by atoms with Crippen LogP contribution in [0.2, 0.25) is 0 Å². The highest BCUT2D eigenvalue weighted by Crippen LogP contribution is 2.43. The fourth-order valence-electron chi connectivity index (χ4n) is 3.69. The van der Waals surface area contributed by atoms with Crippen molar-refractivity contribution < 1.29 is 4.74 Å². The highest BCUT2D eigenvalue weighted by molar-refractivity contribution is 5.46. The summed E-state index contributed by atoms with van der Waals surface area (Å²) in [6.07, 6.45) is 2.64. The summed E-state index contributed by atoms with van der Waals surface area (Å²) < 4.78 is 5.34. The third kappa shape index (κ3) is 1.87. The van der Waals surface area contributed by atoms with Gasteiger partial charge in [-0.25, -0.2) is 0 Å². The first-order valence-electron chi connectivity index (χ1n) is 7.35. The number of rotatable bonds is 3. The van der Waals surface area contributed by atoms with Crippen LogP contribution in [0.1, 0.15) is 12.8 Å². The highest BCUT2D eigenvalue weighted by Gasteiger charge is 2.52. The van der Waals surface area contributed by atoms with Gasteiger partial charge in [0.1, 0.15) is 0 Å². The van der Waals surface area contributed by atoms with Crippen molar-refractivity contribution in [1.29, 1.82) is 0 Å². The van der Waals surface area contributed by atoms with Crippen LogP contribution in [-0.4, -0.2) is 50.3 Å². The van der Waals surface area contributed by atoms with Crippen LogP contribution in [0.25, 0.3) is 0 Å². The zero-order valence-electron chi connectivity index (χ0n) is 11.6. The van der Waals surface area contributed by atoms with Crippen molar-refractivity contribution in [3.8, 4) is 0 Å². The van der Waals surface area contributed by atoms with Gasteiger partial charge in [-0.1, -0.05) is 18.2 Å². The summed E-state index contributed by atoms with van der Waals surface area (Å²) in [5.41, 5.74) is 1.91. The lowest BCUT2D eigenvalue weighted by atomic mass is 9.73. The van der Waals surface area contributed by atoms with E-state index in [1.807, 2.05) is 0 Å². The summed E-state index contributed by atoms with van der Waals surface area (Å²) in [6, 6.07) is 12.3. The summed E-state index contributed by atoms with van der Waals surface area (Å²) >= 11 is 0. The van der Waals surface area contributed by atoms with E-state index < -0.39 is 0 Å². The van der Waals surface area contributed by atoms with Crippen LogP contribution in [0, 0.1) is 5.41 Å². The number of hydrogen-bond donors (Lipinski definition) is 0. The summed E-state index contributed by atoms with van der Waals surface area (Å²) in [6.45, 7) is 4.56. The molecule has 1 aliphatic carbocycles. The maximum atomic E-state index is 5.34. The Labute approximate surface area is 115 Å². The zero-order chi connectivity index (χ0) is 12.9. The van der Waals surface area contributed by atoms with Crippen LogP contribution in [0.3, 0.4) is 0 Å². The average Bonchev–Trinajstić information content (AvgIpc) is 2.28. The molecular weight excluding hydrogens is 236 g/mol. The quantitative estimate of drug-likeness (QED) is 0.824. The van der Waals surface area contributed by atoms with E-state index in [0.717, 1.165) is 25.3 Å². The minimum Gasteiger partial charge on any atom is -0.380 e. The molecule has 102 valence electrons. The van der Waals surface area contributed by atoms with Gasteiger partial charge in [0, 0.05) is 43.3 Å². The number of anilines is 1. The number of nitrogens with zero attached hydrogens (tertiary/aromatic N) is 2. The molecule has 1 aromatic carbocycles. The Kier molecular flexibility index (Phi) is 2.61. The molecule has 0 aromatic heterocycles. The van der Waals surface area contributed by atoms with Crippen LogP contribution < -0.4 is 4.90 Å². The predicted molar refractivity (Wildman–Crippen MR) is 76.5 cm³/mol. The molecule has 4 rings (SSSR count). The first-order valence-corrected chi connectivity index (χ1v) is 7.35. The third-order valence-electron chi connectivity index (χ3n) is 5.21. The first kappa shape index (κ1) is 11.7. The van der Waals surface area contributed by atoms with Crippen LogP contribution in [0.15, 0.2) is 30.3 Å². The van der Waals surface area contributed by atoms with E-state index in [1.165, 1.54) is 31.6 Å². The predicted octanol–water partition coefficient (Wildman–Crippen LogP) is 1.99. The monoisotopic (exact) mass is 258 g/mol. The Balaban J connectivity index is 1.29. The Hall–Kier alpha value is -1.06. The van der Waals surface area contributed by atoms with Gasteiger partial charge in [-0.15, -0.1) is 0 Å². The van der Waals surface area contributed by atoms with Gasteiger partial charge in [-0.05, 0) is 25.0 Å². The summed E-state index contributed by atoms with van der Waals surface area (Å²) in [5.74, 6) is 0. The maximum absolute atomic E-state index is 5.34. The van der Waals surface area contributed by atoms with Crippen LogP contribution in [-0.2, 0) is 4.74 Å². The fourth-order valence-corrected chi connectivity index (χ4v) is 3.69. The topological polar surface area (TPSA) is 15.7 Å². The van der Waals surface area contributed by atoms with Crippen molar-refractivity contribution in [2.24, 2.45) is 5.41 Å². The van der Waals surface area contributed by atoms with Gasteiger partial charge in [-0.3, -0.25) is 4.90 Å². The second kappa shape index (κ2) is 4.22. The lowest BCUT2D eigenvalue weighted by Crippen LogP contribution is -2.70. The van der Waals surface area contributed by atoms with E-state index >= 15 is 0 Å².